The molecule has 1 aromatic heterocycles. The molecule has 136 valence electrons. The molecule has 0 fully saturated rings. The van der Waals surface area contributed by atoms with Gasteiger partial charge in [-0.1, -0.05) is 6.07 Å². The molecule has 8 heteroatoms. The van der Waals surface area contributed by atoms with Crippen molar-refractivity contribution in [2.45, 2.75) is 12.9 Å². The first-order valence-corrected chi connectivity index (χ1v) is 7.62. The Hall–Kier alpha value is -3.16. The molecule has 1 N–H and O–H groups in total. The first-order chi connectivity index (χ1) is 12.3. The van der Waals surface area contributed by atoms with Crippen LogP contribution in [0.3, 0.4) is 0 Å². The van der Waals surface area contributed by atoms with Gasteiger partial charge in [0.05, 0.1) is 7.11 Å². The van der Waals surface area contributed by atoms with Crippen molar-refractivity contribution in [1.82, 2.24) is 4.57 Å². The number of anilines is 1. The molecule has 0 atom stereocenters. The Balaban J connectivity index is 1.70. The normalized spacial score (nSPS) is 11.4. The van der Waals surface area contributed by atoms with Crippen LogP contribution in [0.2, 0.25) is 0 Å². The van der Waals surface area contributed by atoms with Gasteiger partial charge in [-0.15, -0.1) is 13.2 Å². The van der Waals surface area contributed by atoms with Gasteiger partial charge in [-0.2, -0.15) is 0 Å². The molecule has 1 heterocycles. The third-order valence-corrected chi connectivity index (χ3v) is 3.64. The molecule has 0 spiro atoms. The summed E-state index contributed by atoms with van der Waals surface area (Å²) in [5, 5.41) is 3.48. The van der Waals surface area contributed by atoms with Gasteiger partial charge in [-0.25, -0.2) is 0 Å². The number of benzene rings is 2. The number of rotatable bonds is 5. The van der Waals surface area contributed by atoms with Gasteiger partial charge < -0.3 is 19.4 Å². The topological polar surface area (TPSA) is 52.5 Å². The first kappa shape index (κ1) is 17.7. The number of halogens is 3. The molecule has 1 amide bonds. The fraction of sp³-hybridized carbons (Fsp3) is 0.167. The Morgan fingerprint density at radius 3 is 2.65 bits per heavy atom. The number of nitrogens with zero attached hydrogens (tertiary/aromatic N) is 1. The molecule has 26 heavy (non-hydrogen) atoms. The van der Waals surface area contributed by atoms with Gasteiger partial charge in [0.1, 0.15) is 18.0 Å². The molecule has 2 aromatic carbocycles. The molecule has 0 saturated heterocycles. The summed E-state index contributed by atoms with van der Waals surface area (Å²) in [5.74, 6) is -0.0579. The van der Waals surface area contributed by atoms with Crippen LogP contribution in [0.4, 0.5) is 18.9 Å². The van der Waals surface area contributed by atoms with Crippen molar-refractivity contribution in [3.8, 4) is 11.5 Å². The van der Waals surface area contributed by atoms with E-state index in [1.165, 1.54) is 12.1 Å². The maximum Gasteiger partial charge on any atom is 0.573 e. The van der Waals surface area contributed by atoms with E-state index in [4.69, 9.17) is 4.74 Å². The van der Waals surface area contributed by atoms with Crippen LogP contribution in [-0.4, -0.2) is 23.9 Å². The lowest BCUT2D eigenvalue weighted by Gasteiger charge is -2.11. The highest BCUT2D eigenvalue weighted by Gasteiger charge is 2.31. The van der Waals surface area contributed by atoms with Crippen LogP contribution in [-0.2, 0) is 11.3 Å². The number of fused-ring (bicyclic) bond motifs is 1. The largest absolute Gasteiger partial charge is 0.573 e. The highest BCUT2D eigenvalue weighted by atomic mass is 19.4. The van der Waals surface area contributed by atoms with E-state index in [1.807, 2.05) is 18.2 Å². The fourth-order valence-electron chi connectivity index (χ4n) is 2.57. The van der Waals surface area contributed by atoms with Gasteiger partial charge in [0.25, 0.3) is 0 Å². The van der Waals surface area contributed by atoms with Gasteiger partial charge in [0, 0.05) is 28.9 Å². The summed E-state index contributed by atoms with van der Waals surface area (Å²) in [7, 11) is 1.57. The van der Waals surface area contributed by atoms with Crippen LogP contribution in [0.1, 0.15) is 0 Å². The maximum atomic E-state index is 12.3. The van der Waals surface area contributed by atoms with E-state index in [9.17, 15) is 18.0 Å². The number of nitrogens with one attached hydrogen (secondary N) is 1. The highest BCUT2D eigenvalue weighted by Crippen LogP contribution is 2.25. The van der Waals surface area contributed by atoms with Gasteiger partial charge in [-0.05, 0) is 36.4 Å². The predicted octanol–water partition coefficient (Wildman–Crippen LogP) is 4.19. The molecule has 0 bridgehead atoms. The lowest BCUT2D eigenvalue weighted by atomic mass is 10.2. The van der Waals surface area contributed by atoms with Crippen LogP contribution in [0, 0.1) is 0 Å². The zero-order valence-corrected chi connectivity index (χ0v) is 13.7. The van der Waals surface area contributed by atoms with E-state index < -0.39 is 12.1 Å². The fourth-order valence-corrected chi connectivity index (χ4v) is 2.57. The third kappa shape index (κ3) is 4.27. The maximum absolute atomic E-state index is 12.3. The second-order valence-electron chi connectivity index (χ2n) is 5.49. The number of amides is 1. The standard InChI is InChI=1S/C18H15F3N2O3/c1-25-14-5-6-16-12(9-14)7-8-23(16)11-17(24)22-13-3-2-4-15(10-13)26-18(19,20)21/h2-10H,11H2,1H3,(H,22,24). The van der Waals surface area contributed by atoms with E-state index in [2.05, 4.69) is 10.1 Å². The summed E-state index contributed by atoms with van der Waals surface area (Å²) in [6.07, 6.45) is -3.03. The van der Waals surface area contributed by atoms with Crippen LogP contribution in [0.5, 0.6) is 11.5 Å². The monoisotopic (exact) mass is 364 g/mol. The van der Waals surface area contributed by atoms with E-state index in [0.29, 0.717) is 5.75 Å². The van der Waals surface area contributed by atoms with E-state index in [1.54, 1.807) is 23.9 Å². The molecule has 0 aliphatic heterocycles. The van der Waals surface area contributed by atoms with Gasteiger partial charge in [0.15, 0.2) is 0 Å². The Kier molecular flexibility index (Phi) is 4.75. The van der Waals surface area contributed by atoms with Crippen LogP contribution < -0.4 is 14.8 Å². The summed E-state index contributed by atoms with van der Waals surface area (Å²) in [5.41, 5.74) is 1.06. The average Bonchev–Trinajstić information content (AvgIpc) is 2.95. The minimum Gasteiger partial charge on any atom is -0.497 e. The van der Waals surface area contributed by atoms with E-state index in [-0.39, 0.29) is 18.1 Å². The summed E-state index contributed by atoms with van der Waals surface area (Å²) >= 11 is 0. The van der Waals surface area contributed by atoms with Gasteiger partial charge in [-0.3, -0.25) is 4.79 Å². The number of ether oxygens (including phenoxy) is 2. The number of hydrogen-bond acceptors (Lipinski definition) is 3. The zero-order valence-electron chi connectivity index (χ0n) is 13.7. The molecular formula is C18H15F3N2O3. The van der Waals surface area contributed by atoms with Crippen LogP contribution >= 0.6 is 0 Å². The summed E-state index contributed by atoms with van der Waals surface area (Å²) < 4.78 is 47.5. The molecule has 0 aliphatic rings. The minimum absolute atomic E-state index is 0.0141. The molecule has 0 radical (unpaired) electrons. The van der Waals surface area contributed by atoms with Crippen molar-refractivity contribution in [2.75, 3.05) is 12.4 Å². The van der Waals surface area contributed by atoms with E-state index in [0.717, 1.165) is 23.0 Å². The highest BCUT2D eigenvalue weighted by molar-refractivity contribution is 5.92. The van der Waals surface area contributed by atoms with Crippen molar-refractivity contribution < 1.29 is 27.4 Å². The van der Waals surface area contributed by atoms with E-state index >= 15 is 0 Å². The molecule has 3 aromatic rings. The van der Waals surface area contributed by atoms with Crippen molar-refractivity contribution in [2.24, 2.45) is 0 Å². The summed E-state index contributed by atoms with van der Waals surface area (Å²) in [6.45, 7) is 0.0141. The molecular weight excluding hydrogens is 349 g/mol. The molecule has 3 rings (SSSR count). The average molecular weight is 364 g/mol. The second kappa shape index (κ2) is 6.99. The first-order valence-electron chi connectivity index (χ1n) is 7.62. The lowest BCUT2D eigenvalue weighted by Crippen LogP contribution is -2.19. The van der Waals surface area contributed by atoms with Crippen molar-refractivity contribution in [3.63, 3.8) is 0 Å². The lowest BCUT2D eigenvalue weighted by molar-refractivity contribution is -0.274. The SMILES string of the molecule is COc1ccc2c(ccn2CC(=O)Nc2cccc(OC(F)(F)F)c2)c1. The molecule has 0 unspecified atom stereocenters. The quantitative estimate of drug-likeness (QED) is 0.739. The van der Waals surface area contributed by atoms with Gasteiger partial charge in [0.2, 0.25) is 5.91 Å². The summed E-state index contributed by atoms with van der Waals surface area (Å²) in [4.78, 5) is 12.2. The third-order valence-electron chi connectivity index (χ3n) is 3.64. The number of aromatic nitrogens is 1. The number of carbonyl (C=O) groups is 1. The van der Waals surface area contributed by atoms with Crippen molar-refractivity contribution in [3.05, 3.63) is 54.7 Å². The Morgan fingerprint density at radius 2 is 1.92 bits per heavy atom. The van der Waals surface area contributed by atoms with Crippen molar-refractivity contribution >= 4 is 22.5 Å². The number of hydrogen-bond donors (Lipinski definition) is 1. The number of alkyl halides is 3. The number of carbonyl (C=O) groups excluding carboxylic acids is 1. The molecule has 0 aliphatic carbocycles. The zero-order chi connectivity index (χ0) is 18.7. The summed E-state index contributed by atoms with van der Waals surface area (Å²) in [6, 6.07) is 12.5. The van der Waals surface area contributed by atoms with Gasteiger partial charge >= 0.3 is 6.36 Å². The Bertz CT molecular complexity index is 935. The van der Waals surface area contributed by atoms with Crippen LogP contribution in [0.15, 0.2) is 54.7 Å². The second-order valence-corrected chi connectivity index (χ2v) is 5.49. The predicted molar refractivity (Wildman–Crippen MR) is 90.2 cm³/mol. The smallest absolute Gasteiger partial charge is 0.497 e. The molecule has 5 nitrogen and oxygen atoms in total. The minimum atomic E-state index is -4.78. The Labute approximate surface area is 146 Å². The van der Waals surface area contributed by atoms with Crippen molar-refractivity contribution in [1.29, 1.82) is 0 Å². The molecule has 0 saturated carbocycles. The van der Waals surface area contributed by atoms with Crippen LogP contribution in [0.25, 0.3) is 10.9 Å². The Morgan fingerprint density at radius 1 is 1.12 bits per heavy atom. The number of methoxy groups -OCH3 is 1.